The number of amides is 1. The number of fused-ring (bicyclic) bond motifs is 1. The monoisotopic (exact) mass is 294 g/mol. The fourth-order valence-electron chi connectivity index (χ4n) is 2.17. The van der Waals surface area contributed by atoms with Crippen molar-refractivity contribution in [3.05, 3.63) is 48.4 Å². The first-order chi connectivity index (χ1) is 10.8. The minimum Gasteiger partial charge on any atom is -0.367 e. The number of carbonyl (C=O) groups excluding carboxylic acids is 1. The maximum Gasteiger partial charge on any atom is 0.258 e. The van der Waals surface area contributed by atoms with Crippen molar-refractivity contribution in [1.29, 1.82) is 0 Å². The largest absolute Gasteiger partial charge is 0.367 e. The molecule has 0 saturated heterocycles. The van der Waals surface area contributed by atoms with Crippen molar-refractivity contribution >= 4 is 23.2 Å². The predicted octanol–water partition coefficient (Wildman–Crippen LogP) is 1.95. The Balaban J connectivity index is 1.52. The zero-order valence-corrected chi connectivity index (χ0v) is 11.7. The lowest BCUT2D eigenvalue weighted by molar-refractivity contribution is 0.102. The van der Waals surface area contributed by atoms with Gasteiger partial charge >= 0.3 is 0 Å². The van der Waals surface area contributed by atoms with Gasteiger partial charge in [-0.1, -0.05) is 0 Å². The number of carbonyl (C=O) groups is 1. The van der Waals surface area contributed by atoms with E-state index in [-0.39, 0.29) is 5.91 Å². The van der Waals surface area contributed by atoms with Gasteiger partial charge in [0.25, 0.3) is 5.91 Å². The summed E-state index contributed by atoms with van der Waals surface area (Å²) in [5.41, 5.74) is 1.18. The molecular weight excluding hydrogens is 280 g/mol. The fourth-order valence-corrected chi connectivity index (χ4v) is 2.17. The Hall–Kier alpha value is -2.96. The van der Waals surface area contributed by atoms with E-state index in [1.807, 2.05) is 6.07 Å². The summed E-state index contributed by atoms with van der Waals surface area (Å²) in [4.78, 5) is 20.7. The van der Waals surface area contributed by atoms with Gasteiger partial charge in [-0.15, -0.1) is 0 Å². The summed E-state index contributed by atoms with van der Waals surface area (Å²) in [5.74, 6) is 1.14. The average molecular weight is 294 g/mol. The molecule has 1 amide bonds. The first-order valence-electron chi connectivity index (χ1n) is 7.12. The van der Waals surface area contributed by atoms with Crippen LogP contribution in [0, 0.1) is 0 Å². The molecule has 0 radical (unpaired) electrons. The molecule has 1 aliphatic rings. The molecule has 3 heterocycles. The van der Waals surface area contributed by atoms with Crippen LogP contribution in [0.2, 0.25) is 0 Å². The van der Waals surface area contributed by atoms with Gasteiger partial charge in [0.05, 0.1) is 11.8 Å². The highest BCUT2D eigenvalue weighted by Crippen LogP contribution is 2.23. The van der Waals surface area contributed by atoms with Crippen molar-refractivity contribution in [1.82, 2.24) is 19.6 Å². The van der Waals surface area contributed by atoms with Gasteiger partial charge in [-0.2, -0.15) is 9.61 Å². The molecule has 3 aromatic rings. The lowest BCUT2D eigenvalue weighted by atomic mass is 10.2. The summed E-state index contributed by atoms with van der Waals surface area (Å²) in [6, 6.07) is 7.60. The average Bonchev–Trinajstić information content (AvgIpc) is 3.21. The van der Waals surface area contributed by atoms with Crippen LogP contribution in [0.25, 0.3) is 5.65 Å². The van der Waals surface area contributed by atoms with E-state index in [2.05, 4.69) is 25.7 Å². The third-order valence-corrected chi connectivity index (χ3v) is 3.49. The van der Waals surface area contributed by atoms with Gasteiger partial charge in [0.15, 0.2) is 5.65 Å². The van der Waals surface area contributed by atoms with Crippen molar-refractivity contribution in [2.45, 2.75) is 18.9 Å². The fraction of sp³-hybridized carbons (Fsp3) is 0.200. The molecule has 0 spiro atoms. The SMILES string of the molecule is O=C(Nc1ccnc2ccnn12)c1ccc(NC2CC2)nc1. The lowest BCUT2D eigenvalue weighted by Crippen LogP contribution is -2.15. The van der Waals surface area contributed by atoms with Gasteiger partial charge < -0.3 is 10.6 Å². The van der Waals surface area contributed by atoms with Gasteiger partial charge in [-0.25, -0.2) is 9.97 Å². The Morgan fingerprint density at radius 2 is 2.05 bits per heavy atom. The van der Waals surface area contributed by atoms with Crippen LogP contribution in [-0.2, 0) is 0 Å². The minimum atomic E-state index is -0.228. The van der Waals surface area contributed by atoms with E-state index in [0.29, 0.717) is 23.1 Å². The normalized spacial score (nSPS) is 14.0. The van der Waals surface area contributed by atoms with Crippen LogP contribution in [0.15, 0.2) is 42.9 Å². The highest BCUT2D eigenvalue weighted by Gasteiger charge is 2.21. The molecule has 1 saturated carbocycles. The molecule has 1 fully saturated rings. The van der Waals surface area contributed by atoms with Gasteiger partial charge in [0, 0.05) is 24.5 Å². The Kier molecular flexibility index (Phi) is 2.96. The third kappa shape index (κ3) is 2.48. The van der Waals surface area contributed by atoms with Crippen molar-refractivity contribution in [2.24, 2.45) is 0 Å². The van der Waals surface area contributed by atoms with E-state index in [1.165, 1.54) is 12.8 Å². The van der Waals surface area contributed by atoms with E-state index < -0.39 is 0 Å². The molecule has 3 aromatic heterocycles. The number of nitrogens with one attached hydrogen (secondary N) is 2. The molecule has 1 aliphatic carbocycles. The Morgan fingerprint density at radius 3 is 2.82 bits per heavy atom. The molecule has 22 heavy (non-hydrogen) atoms. The Labute approximate surface area is 126 Å². The molecule has 2 N–H and O–H groups in total. The van der Waals surface area contributed by atoms with Crippen molar-refractivity contribution in [3.8, 4) is 0 Å². The molecule has 0 unspecified atom stereocenters. The molecule has 7 nitrogen and oxygen atoms in total. The molecular formula is C15H14N6O. The number of rotatable bonds is 4. The quantitative estimate of drug-likeness (QED) is 0.768. The van der Waals surface area contributed by atoms with Crippen LogP contribution in [0.3, 0.4) is 0 Å². The van der Waals surface area contributed by atoms with Crippen molar-refractivity contribution < 1.29 is 4.79 Å². The van der Waals surface area contributed by atoms with Gasteiger partial charge in [0.1, 0.15) is 11.6 Å². The first kappa shape index (κ1) is 12.8. The summed E-state index contributed by atoms with van der Waals surface area (Å²) in [5, 5.41) is 10.2. The second-order valence-corrected chi connectivity index (χ2v) is 5.24. The summed E-state index contributed by atoms with van der Waals surface area (Å²) in [6.45, 7) is 0. The van der Waals surface area contributed by atoms with E-state index in [9.17, 15) is 4.79 Å². The topological polar surface area (TPSA) is 84.2 Å². The first-order valence-corrected chi connectivity index (χ1v) is 7.12. The van der Waals surface area contributed by atoms with Crippen molar-refractivity contribution in [2.75, 3.05) is 10.6 Å². The zero-order chi connectivity index (χ0) is 14.9. The molecule has 0 bridgehead atoms. The molecule has 0 atom stereocenters. The van der Waals surface area contributed by atoms with Gasteiger partial charge in [0.2, 0.25) is 0 Å². The second-order valence-electron chi connectivity index (χ2n) is 5.24. The Morgan fingerprint density at radius 1 is 1.14 bits per heavy atom. The second kappa shape index (κ2) is 5.10. The number of pyridine rings is 1. The summed E-state index contributed by atoms with van der Waals surface area (Å²) < 4.78 is 1.58. The molecule has 0 aliphatic heterocycles. The van der Waals surface area contributed by atoms with Crippen LogP contribution in [0.4, 0.5) is 11.6 Å². The minimum absolute atomic E-state index is 0.228. The number of hydrogen-bond acceptors (Lipinski definition) is 5. The number of nitrogens with zero attached hydrogens (tertiary/aromatic N) is 4. The van der Waals surface area contributed by atoms with Crippen molar-refractivity contribution in [3.63, 3.8) is 0 Å². The molecule has 110 valence electrons. The van der Waals surface area contributed by atoms with Gasteiger partial charge in [-0.05, 0) is 31.0 Å². The lowest BCUT2D eigenvalue weighted by Gasteiger charge is -2.08. The molecule has 4 rings (SSSR count). The highest BCUT2D eigenvalue weighted by atomic mass is 16.1. The highest BCUT2D eigenvalue weighted by molar-refractivity contribution is 6.03. The number of hydrogen-bond donors (Lipinski definition) is 2. The molecule has 0 aromatic carbocycles. The third-order valence-electron chi connectivity index (χ3n) is 3.49. The van der Waals surface area contributed by atoms with Gasteiger partial charge in [-0.3, -0.25) is 4.79 Å². The van der Waals surface area contributed by atoms with Crippen LogP contribution in [-0.4, -0.2) is 31.5 Å². The van der Waals surface area contributed by atoms with Crippen LogP contribution in [0.1, 0.15) is 23.2 Å². The van der Waals surface area contributed by atoms with E-state index in [4.69, 9.17) is 0 Å². The number of anilines is 2. The van der Waals surface area contributed by atoms with Crippen LogP contribution < -0.4 is 10.6 Å². The molecule has 7 heteroatoms. The number of aromatic nitrogens is 4. The van der Waals surface area contributed by atoms with Crippen LogP contribution >= 0.6 is 0 Å². The summed E-state index contributed by atoms with van der Waals surface area (Å²) in [6.07, 6.45) is 7.21. The maximum atomic E-state index is 12.3. The smallest absolute Gasteiger partial charge is 0.258 e. The Bertz CT molecular complexity index is 821. The van der Waals surface area contributed by atoms with Crippen LogP contribution in [0.5, 0.6) is 0 Å². The zero-order valence-electron chi connectivity index (χ0n) is 11.7. The predicted molar refractivity (Wildman–Crippen MR) is 81.8 cm³/mol. The maximum absolute atomic E-state index is 12.3. The summed E-state index contributed by atoms with van der Waals surface area (Å²) >= 11 is 0. The van der Waals surface area contributed by atoms with E-state index >= 15 is 0 Å². The standard InChI is InChI=1S/C15H14N6O/c22-15(10-1-4-12(17-9-10)19-11-2-3-11)20-14-5-7-16-13-6-8-18-21(13)14/h1,4-9,11H,2-3H2,(H,17,19)(H,20,22). The summed E-state index contributed by atoms with van der Waals surface area (Å²) in [7, 11) is 0. The van der Waals surface area contributed by atoms with E-state index in [0.717, 1.165) is 5.82 Å². The van der Waals surface area contributed by atoms with E-state index in [1.54, 1.807) is 41.3 Å².